The van der Waals surface area contributed by atoms with Crippen molar-refractivity contribution in [3.63, 3.8) is 0 Å². The van der Waals surface area contributed by atoms with Gasteiger partial charge in [-0.3, -0.25) is 40.5 Å². The van der Waals surface area contributed by atoms with Crippen LogP contribution in [0, 0.1) is 40.5 Å². The van der Waals surface area contributed by atoms with Crippen LogP contribution in [0.25, 0.3) is 0 Å². The Morgan fingerprint density at radius 3 is 1.65 bits per heavy atom. The number of benzene rings is 2. The molecule has 0 aliphatic heterocycles. The van der Waals surface area contributed by atoms with Gasteiger partial charge in [-0.25, -0.2) is 0 Å². The van der Waals surface area contributed by atoms with E-state index in [0.717, 1.165) is 6.07 Å². The maximum atomic E-state index is 11.2. The molecular formula is C12H7N5O9. The number of nitro benzene ring substituents is 4. The first-order valence-corrected chi connectivity index (χ1v) is 6.45. The summed E-state index contributed by atoms with van der Waals surface area (Å²) in [6.07, 6.45) is 0. The number of nitrogens with two attached hydrogens (primary N) is 1. The fraction of sp³-hybridized carbons (Fsp3) is 0. The van der Waals surface area contributed by atoms with Gasteiger partial charge in [-0.15, -0.1) is 0 Å². The van der Waals surface area contributed by atoms with Crippen LogP contribution in [0.5, 0.6) is 11.5 Å². The summed E-state index contributed by atoms with van der Waals surface area (Å²) in [5, 5.41) is 44.2. The molecule has 2 N–H and O–H groups in total. The van der Waals surface area contributed by atoms with Crippen LogP contribution in [0.1, 0.15) is 0 Å². The third-order valence-electron chi connectivity index (χ3n) is 3.06. The average Bonchev–Trinajstić information content (AvgIpc) is 2.55. The van der Waals surface area contributed by atoms with E-state index in [2.05, 4.69) is 0 Å². The van der Waals surface area contributed by atoms with Crippen LogP contribution in [-0.4, -0.2) is 19.7 Å². The average molecular weight is 365 g/mol. The minimum Gasteiger partial charge on any atom is -0.435 e. The summed E-state index contributed by atoms with van der Waals surface area (Å²) >= 11 is 0. The molecule has 0 unspecified atom stereocenters. The first-order valence-electron chi connectivity index (χ1n) is 6.45. The van der Waals surface area contributed by atoms with Gasteiger partial charge in [-0.1, -0.05) is 6.07 Å². The molecule has 0 aromatic heterocycles. The van der Waals surface area contributed by atoms with Crippen LogP contribution < -0.4 is 10.5 Å². The number of hydrogen-bond acceptors (Lipinski definition) is 10. The number of nitro groups is 4. The van der Waals surface area contributed by atoms with Crippen molar-refractivity contribution < 1.29 is 24.4 Å². The van der Waals surface area contributed by atoms with Crippen molar-refractivity contribution in [1.82, 2.24) is 0 Å². The third kappa shape index (κ3) is 3.28. The fourth-order valence-electron chi connectivity index (χ4n) is 1.96. The lowest BCUT2D eigenvalue weighted by Gasteiger charge is -2.09. The van der Waals surface area contributed by atoms with E-state index < -0.39 is 53.9 Å². The van der Waals surface area contributed by atoms with E-state index in [-0.39, 0.29) is 5.69 Å². The van der Waals surface area contributed by atoms with Gasteiger partial charge in [0, 0.05) is 6.07 Å². The van der Waals surface area contributed by atoms with Crippen LogP contribution in [0.3, 0.4) is 0 Å². The van der Waals surface area contributed by atoms with Gasteiger partial charge in [0.25, 0.3) is 11.4 Å². The molecule has 0 aliphatic rings. The molecule has 2 rings (SSSR count). The number of hydrogen-bond donors (Lipinski definition) is 1. The maximum Gasteiger partial charge on any atom is 0.325 e. The molecule has 0 saturated heterocycles. The van der Waals surface area contributed by atoms with Crippen molar-refractivity contribution >= 4 is 28.4 Å². The van der Waals surface area contributed by atoms with Gasteiger partial charge >= 0.3 is 17.1 Å². The fourth-order valence-corrected chi connectivity index (χ4v) is 1.96. The monoisotopic (exact) mass is 365 g/mol. The predicted molar refractivity (Wildman–Crippen MR) is 84.0 cm³/mol. The van der Waals surface area contributed by atoms with E-state index >= 15 is 0 Å². The minimum absolute atomic E-state index is 0.318. The predicted octanol–water partition coefficient (Wildman–Crippen LogP) is 2.69. The quantitative estimate of drug-likeness (QED) is 0.449. The molecule has 0 bridgehead atoms. The lowest BCUT2D eigenvalue weighted by atomic mass is 10.2. The van der Waals surface area contributed by atoms with Crippen LogP contribution >= 0.6 is 0 Å². The molecular weight excluding hydrogens is 358 g/mol. The zero-order chi connectivity index (χ0) is 19.6. The molecule has 0 saturated carbocycles. The van der Waals surface area contributed by atoms with E-state index in [0.29, 0.717) is 12.1 Å². The van der Waals surface area contributed by atoms with Crippen molar-refractivity contribution in [3.8, 4) is 11.5 Å². The molecule has 0 amide bonds. The van der Waals surface area contributed by atoms with Gasteiger partial charge < -0.3 is 10.5 Å². The van der Waals surface area contributed by atoms with E-state index in [1.165, 1.54) is 12.1 Å². The normalized spacial score (nSPS) is 10.2. The Hall–Kier alpha value is -4.36. The van der Waals surface area contributed by atoms with Gasteiger partial charge in [0.2, 0.25) is 5.75 Å². The highest BCUT2D eigenvalue weighted by atomic mass is 16.6. The Kier molecular flexibility index (Phi) is 4.59. The van der Waals surface area contributed by atoms with Crippen molar-refractivity contribution in [1.29, 1.82) is 0 Å². The van der Waals surface area contributed by atoms with Gasteiger partial charge in [-0.05, 0) is 6.07 Å². The number of anilines is 1. The van der Waals surface area contributed by atoms with Crippen LogP contribution in [0.15, 0.2) is 30.3 Å². The minimum atomic E-state index is -1.15. The second kappa shape index (κ2) is 6.63. The molecule has 0 heterocycles. The van der Waals surface area contributed by atoms with Crippen LogP contribution in [0.2, 0.25) is 0 Å². The molecule has 26 heavy (non-hydrogen) atoms. The number of nitrogens with zero attached hydrogens (tertiary/aromatic N) is 4. The first kappa shape index (κ1) is 18.0. The molecule has 0 atom stereocenters. The lowest BCUT2D eigenvalue weighted by molar-refractivity contribution is -0.404. The van der Waals surface area contributed by atoms with Gasteiger partial charge in [0.05, 0.1) is 37.5 Å². The highest BCUT2D eigenvalue weighted by Gasteiger charge is 2.34. The molecule has 0 radical (unpaired) electrons. The highest BCUT2D eigenvalue weighted by molar-refractivity contribution is 5.71. The zero-order valence-corrected chi connectivity index (χ0v) is 12.4. The van der Waals surface area contributed by atoms with Gasteiger partial charge in [0.1, 0.15) is 0 Å². The molecule has 0 spiro atoms. The summed E-state index contributed by atoms with van der Waals surface area (Å²) in [5.41, 5.74) is 1.37. The zero-order valence-electron chi connectivity index (χ0n) is 12.4. The molecule has 2 aromatic rings. The van der Waals surface area contributed by atoms with Crippen molar-refractivity contribution in [2.75, 3.05) is 5.73 Å². The Labute approximate surface area is 142 Å². The second-order valence-electron chi connectivity index (χ2n) is 4.64. The molecule has 14 heteroatoms. The second-order valence-corrected chi connectivity index (χ2v) is 4.64. The summed E-state index contributed by atoms with van der Waals surface area (Å²) in [7, 11) is 0. The Morgan fingerprint density at radius 1 is 0.731 bits per heavy atom. The molecule has 14 nitrogen and oxygen atoms in total. The molecule has 0 aliphatic carbocycles. The number of rotatable bonds is 6. The lowest BCUT2D eigenvalue weighted by Crippen LogP contribution is -2.03. The summed E-state index contributed by atoms with van der Waals surface area (Å²) in [4.78, 5) is 40.0. The maximum absolute atomic E-state index is 11.2. The van der Waals surface area contributed by atoms with Gasteiger partial charge in [0.15, 0.2) is 0 Å². The summed E-state index contributed by atoms with van der Waals surface area (Å²) < 4.78 is 5.05. The van der Waals surface area contributed by atoms with E-state index in [9.17, 15) is 40.5 Å². The van der Waals surface area contributed by atoms with Gasteiger partial charge in [-0.2, -0.15) is 0 Å². The number of para-hydroxylation sites is 1. The standard InChI is InChI=1S/C12H7N5O9/c13-7-2-1-3-8(15(20)21)11(7)26-12-9(16(22)23)4-6(14(18)19)5-10(12)17(24)25/h1-5H,13H2. The highest BCUT2D eigenvalue weighted by Crippen LogP contribution is 2.46. The van der Waals surface area contributed by atoms with Crippen molar-refractivity contribution in [2.45, 2.75) is 0 Å². The Balaban J connectivity index is 2.78. The summed E-state index contributed by atoms with van der Waals surface area (Å²) in [6, 6.07) is 4.22. The van der Waals surface area contributed by atoms with Crippen molar-refractivity contribution in [2.24, 2.45) is 0 Å². The number of nitrogen functional groups attached to an aromatic ring is 1. The number of non-ortho nitro benzene ring substituents is 1. The Morgan fingerprint density at radius 2 is 1.23 bits per heavy atom. The van der Waals surface area contributed by atoms with E-state index in [4.69, 9.17) is 10.5 Å². The van der Waals surface area contributed by atoms with Crippen LogP contribution in [0.4, 0.5) is 28.4 Å². The summed E-state index contributed by atoms with van der Waals surface area (Å²) in [5.74, 6) is -1.69. The first-order chi connectivity index (χ1) is 12.1. The summed E-state index contributed by atoms with van der Waals surface area (Å²) in [6.45, 7) is 0. The molecule has 0 fully saturated rings. The molecule has 134 valence electrons. The Bertz CT molecular complexity index is 923. The van der Waals surface area contributed by atoms with Crippen LogP contribution in [-0.2, 0) is 0 Å². The smallest absolute Gasteiger partial charge is 0.325 e. The number of ether oxygens (including phenoxy) is 1. The largest absolute Gasteiger partial charge is 0.435 e. The molecule has 2 aromatic carbocycles. The van der Waals surface area contributed by atoms with Crippen molar-refractivity contribution in [3.05, 3.63) is 70.8 Å². The third-order valence-corrected chi connectivity index (χ3v) is 3.06. The SMILES string of the molecule is Nc1cccc([N+](=O)[O-])c1Oc1c([N+](=O)[O-])cc([N+](=O)[O-])cc1[N+](=O)[O-]. The van der Waals surface area contributed by atoms with E-state index in [1.54, 1.807) is 0 Å². The topological polar surface area (TPSA) is 208 Å². The van der Waals surface area contributed by atoms with E-state index in [1.807, 2.05) is 0 Å².